The SMILES string of the molecule is CCN(CCOC)C(=O)C(C)(C)N1CCNCC1. The minimum absolute atomic E-state index is 0.198. The van der Waals surface area contributed by atoms with Crippen LogP contribution in [-0.2, 0) is 9.53 Å². The van der Waals surface area contributed by atoms with Crippen LogP contribution in [0.5, 0.6) is 0 Å². The van der Waals surface area contributed by atoms with Gasteiger partial charge in [-0.15, -0.1) is 0 Å². The first-order chi connectivity index (χ1) is 8.54. The number of methoxy groups -OCH3 is 1. The van der Waals surface area contributed by atoms with E-state index in [1.54, 1.807) is 7.11 Å². The zero-order chi connectivity index (χ0) is 13.6. The Bertz CT molecular complexity index is 263. The fraction of sp³-hybridized carbons (Fsp3) is 0.923. The van der Waals surface area contributed by atoms with Crippen LogP contribution in [0.4, 0.5) is 0 Å². The molecule has 1 N–H and O–H groups in total. The van der Waals surface area contributed by atoms with E-state index >= 15 is 0 Å². The monoisotopic (exact) mass is 257 g/mol. The molecule has 1 aliphatic rings. The Balaban J connectivity index is 2.65. The van der Waals surface area contributed by atoms with E-state index in [1.807, 2.05) is 25.7 Å². The summed E-state index contributed by atoms with van der Waals surface area (Å²) < 4.78 is 5.06. The lowest BCUT2D eigenvalue weighted by atomic mass is 9.99. The van der Waals surface area contributed by atoms with E-state index in [2.05, 4.69) is 10.2 Å². The summed E-state index contributed by atoms with van der Waals surface area (Å²) in [6.45, 7) is 11.8. The summed E-state index contributed by atoms with van der Waals surface area (Å²) in [5.74, 6) is 0.198. The van der Waals surface area contributed by atoms with E-state index in [0.29, 0.717) is 13.2 Å². The number of hydrogen-bond donors (Lipinski definition) is 1. The average molecular weight is 257 g/mol. The van der Waals surface area contributed by atoms with Crippen LogP contribution in [0, 0.1) is 0 Å². The highest BCUT2D eigenvalue weighted by Crippen LogP contribution is 2.18. The molecule has 0 radical (unpaired) electrons. The van der Waals surface area contributed by atoms with Crippen LogP contribution in [0.25, 0.3) is 0 Å². The van der Waals surface area contributed by atoms with Crippen LogP contribution in [0.1, 0.15) is 20.8 Å². The van der Waals surface area contributed by atoms with Gasteiger partial charge in [0.2, 0.25) is 5.91 Å². The maximum atomic E-state index is 12.6. The van der Waals surface area contributed by atoms with Gasteiger partial charge < -0.3 is 15.0 Å². The number of nitrogens with zero attached hydrogens (tertiary/aromatic N) is 2. The zero-order valence-electron chi connectivity index (χ0n) is 12.2. The molecule has 1 fully saturated rings. The molecule has 0 aliphatic carbocycles. The first kappa shape index (κ1) is 15.4. The molecule has 0 aromatic carbocycles. The predicted octanol–water partition coefficient (Wildman–Crippen LogP) is 0.165. The number of rotatable bonds is 6. The number of carbonyl (C=O) groups excluding carboxylic acids is 1. The van der Waals surface area contributed by atoms with Crippen molar-refractivity contribution in [3.8, 4) is 0 Å². The lowest BCUT2D eigenvalue weighted by Crippen LogP contribution is -2.60. The number of likely N-dealkylation sites (N-methyl/N-ethyl adjacent to an activating group) is 1. The van der Waals surface area contributed by atoms with E-state index in [9.17, 15) is 4.79 Å². The molecule has 1 aliphatic heterocycles. The number of carbonyl (C=O) groups is 1. The van der Waals surface area contributed by atoms with E-state index in [0.717, 1.165) is 32.7 Å². The molecule has 0 aromatic heterocycles. The van der Waals surface area contributed by atoms with E-state index in [1.165, 1.54) is 0 Å². The van der Waals surface area contributed by atoms with Crippen molar-refractivity contribution in [1.29, 1.82) is 0 Å². The molecule has 5 nitrogen and oxygen atoms in total. The van der Waals surface area contributed by atoms with Crippen LogP contribution in [0.15, 0.2) is 0 Å². The molecule has 0 bridgehead atoms. The highest BCUT2D eigenvalue weighted by molar-refractivity contribution is 5.85. The highest BCUT2D eigenvalue weighted by atomic mass is 16.5. The molecule has 1 amide bonds. The molecule has 0 unspecified atom stereocenters. The first-order valence-electron chi connectivity index (χ1n) is 6.78. The van der Waals surface area contributed by atoms with Crippen LogP contribution < -0.4 is 5.32 Å². The minimum atomic E-state index is -0.425. The summed E-state index contributed by atoms with van der Waals surface area (Å²) in [6, 6.07) is 0. The smallest absolute Gasteiger partial charge is 0.242 e. The lowest BCUT2D eigenvalue weighted by Gasteiger charge is -2.42. The van der Waals surface area contributed by atoms with Crippen molar-refractivity contribution >= 4 is 5.91 Å². The van der Waals surface area contributed by atoms with Crippen molar-refractivity contribution in [1.82, 2.24) is 15.1 Å². The van der Waals surface area contributed by atoms with Gasteiger partial charge in [-0.2, -0.15) is 0 Å². The molecule has 5 heteroatoms. The molecular weight excluding hydrogens is 230 g/mol. The van der Waals surface area contributed by atoms with Crippen LogP contribution >= 0.6 is 0 Å². The Kier molecular flexibility index (Phi) is 6.05. The van der Waals surface area contributed by atoms with Crippen LogP contribution in [-0.4, -0.2) is 74.2 Å². The minimum Gasteiger partial charge on any atom is -0.383 e. The number of amides is 1. The van der Waals surface area contributed by atoms with Crippen LogP contribution in [0.2, 0.25) is 0 Å². The summed E-state index contributed by atoms with van der Waals surface area (Å²) >= 11 is 0. The quantitative estimate of drug-likeness (QED) is 0.736. The summed E-state index contributed by atoms with van der Waals surface area (Å²) in [4.78, 5) is 16.8. The summed E-state index contributed by atoms with van der Waals surface area (Å²) in [7, 11) is 1.67. The second-order valence-electron chi connectivity index (χ2n) is 5.17. The second kappa shape index (κ2) is 7.07. The zero-order valence-corrected chi connectivity index (χ0v) is 12.2. The number of piperazine rings is 1. The molecule has 0 aromatic rings. The van der Waals surface area contributed by atoms with Crippen molar-refractivity contribution in [2.24, 2.45) is 0 Å². The molecule has 1 heterocycles. The van der Waals surface area contributed by atoms with Crippen molar-refractivity contribution < 1.29 is 9.53 Å². The summed E-state index contributed by atoms with van der Waals surface area (Å²) in [5, 5.41) is 3.32. The van der Waals surface area contributed by atoms with E-state index in [4.69, 9.17) is 4.74 Å². The van der Waals surface area contributed by atoms with E-state index in [-0.39, 0.29) is 5.91 Å². The summed E-state index contributed by atoms with van der Waals surface area (Å²) in [5.41, 5.74) is -0.425. The van der Waals surface area contributed by atoms with Crippen molar-refractivity contribution in [3.05, 3.63) is 0 Å². The van der Waals surface area contributed by atoms with Gasteiger partial charge in [0.15, 0.2) is 0 Å². The van der Waals surface area contributed by atoms with Gasteiger partial charge in [0.05, 0.1) is 12.1 Å². The van der Waals surface area contributed by atoms with Gasteiger partial charge in [0.1, 0.15) is 0 Å². The van der Waals surface area contributed by atoms with Gasteiger partial charge >= 0.3 is 0 Å². The van der Waals surface area contributed by atoms with Crippen molar-refractivity contribution in [2.75, 3.05) is 53.0 Å². The third kappa shape index (κ3) is 3.67. The Hall–Kier alpha value is -0.650. The summed E-state index contributed by atoms with van der Waals surface area (Å²) in [6.07, 6.45) is 0. The molecule has 0 saturated carbocycles. The largest absolute Gasteiger partial charge is 0.383 e. The maximum absolute atomic E-state index is 12.6. The van der Waals surface area contributed by atoms with Gasteiger partial charge in [0, 0.05) is 46.4 Å². The van der Waals surface area contributed by atoms with Crippen molar-refractivity contribution in [2.45, 2.75) is 26.3 Å². The highest BCUT2D eigenvalue weighted by Gasteiger charge is 2.37. The average Bonchev–Trinajstić information content (AvgIpc) is 2.40. The Labute approximate surface area is 110 Å². The van der Waals surface area contributed by atoms with Gasteiger partial charge in [0.25, 0.3) is 0 Å². The molecule has 18 heavy (non-hydrogen) atoms. The Morgan fingerprint density at radius 3 is 2.50 bits per heavy atom. The number of ether oxygens (including phenoxy) is 1. The van der Waals surface area contributed by atoms with Gasteiger partial charge in [-0.1, -0.05) is 0 Å². The van der Waals surface area contributed by atoms with Gasteiger partial charge in [-0.3, -0.25) is 9.69 Å². The molecule has 1 saturated heterocycles. The lowest BCUT2D eigenvalue weighted by molar-refractivity contribution is -0.143. The number of hydrogen-bond acceptors (Lipinski definition) is 4. The predicted molar refractivity (Wildman–Crippen MR) is 72.7 cm³/mol. The fourth-order valence-electron chi connectivity index (χ4n) is 2.35. The van der Waals surface area contributed by atoms with Crippen molar-refractivity contribution in [3.63, 3.8) is 0 Å². The van der Waals surface area contributed by atoms with Gasteiger partial charge in [-0.05, 0) is 20.8 Å². The molecule has 0 spiro atoms. The Morgan fingerprint density at radius 1 is 1.39 bits per heavy atom. The maximum Gasteiger partial charge on any atom is 0.242 e. The topological polar surface area (TPSA) is 44.8 Å². The molecule has 1 rings (SSSR count). The van der Waals surface area contributed by atoms with Crippen LogP contribution in [0.3, 0.4) is 0 Å². The van der Waals surface area contributed by atoms with Gasteiger partial charge in [-0.25, -0.2) is 0 Å². The standard InChI is InChI=1S/C13H27N3O2/c1-5-15(10-11-18-4)12(17)13(2,3)16-8-6-14-7-9-16/h14H,5-11H2,1-4H3. The van der Waals surface area contributed by atoms with E-state index < -0.39 is 5.54 Å². The Morgan fingerprint density at radius 2 is 2.00 bits per heavy atom. The fourth-order valence-corrected chi connectivity index (χ4v) is 2.35. The molecular formula is C13H27N3O2. The first-order valence-corrected chi connectivity index (χ1v) is 6.78. The molecule has 0 atom stereocenters. The third-order valence-corrected chi connectivity index (χ3v) is 3.67. The second-order valence-corrected chi connectivity index (χ2v) is 5.17. The number of nitrogens with one attached hydrogen (secondary N) is 1. The normalized spacial score (nSPS) is 17.8. The third-order valence-electron chi connectivity index (χ3n) is 3.67. The molecule has 106 valence electrons.